The SMILES string of the molecule is C#CNC(=O)CCCCCN1C(=CC=CC=CC2=[N+](C)c3ccc4ccccc4c3C2(C)C)C(C)(C)c2c1ccc1ccccc21.C[N+]1=C(C=CC=CC=C2N(CCCCCC(=O)Nc3cn(CC4OC(O)C(O)C(O)C4O)nn3)c3ccc4ccccc4c3C2(C)C)C(C)(C)c2c1ccc1ccccc21.[N-]=[N+]=NCC1OC(O)C(O)C(O)C1O. The van der Waals surface area contributed by atoms with Crippen LogP contribution in [0.1, 0.15) is 129 Å². The minimum atomic E-state index is -1.65. The number of nitrogens with zero attached hydrogens (tertiary/aromatic N) is 10. The summed E-state index contributed by atoms with van der Waals surface area (Å²) in [7, 11) is 4.33. The fourth-order valence-electron chi connectivity index (χ4n) is 18.4. The van der Waals surface area contributed by atoms with E-state index in [0.29, 0.717) is 19.3 Å². The zero-order valence-electron chi connectivity index (χ0n) is 69.7. The Morgan fingerprint density at radius 3 is 1.36 bits per heavy atom. The molecule has 2 fully saturated rings. The standard InChI is InChI=1S/C48H54N6O6.C42H43N3O.C6H11N3O5/c1-47(2)37(52(5)34-25-23-30-16-11-13-18-32(30)41(34)47)20-8-6-9-21-38-48(3,4)42-33-19-14-12-17-31(33)24-26-35(42)54(38)27-15-7-10-22-40(55)49-39-29-53(51-50-39)28-36-43(56)44(57)45(58)46(59)60-36;1-7-43-38(46)24-12-9-17-29-45-35-28-26-31-19-14-16-21-33(31)40(35)42(4,5)37(45)23-11-8-10-22-36-41(2,3)39-32-20-15-13-18-30(32)25-27-34(39)44(36)6;7-9-8-1-2-3(10)4(11)5(12)6(13)14-2/h6,8-9,11-14,16-21,23-26,29,36,43-46,56-59H,7,10,15,22,27-28H2,1-5H3;1,8,10-11,13-16,18-23,25-28H,9,12,17,24,29H2,2-6H3;2-6,10-13H,1H2/p+2. The first kappa shape index (κ1) is 86.6. The number of unbranched alkanes of at least 4 members (excludes halogenated alkanes) is 4. The van der Waals surface area contributed by atoms with Gasteiger partial charge in [-0.25, -0.2) is 4.68 Å². The first-order chi connectivity index (χ1) is 57.5. The third kappa shape index (κ3) is 17.6. The summed E-state index contributed by atoms with van der Waals surface area (Å²) in [4.78, 5) is 32.1. The lowest BCUT2D eigenvalue weighted by atomic mass is 9.79. The fraction of sp³-hybridized carbons (Fsp3) is 0.375. The third-order valence-electron chi connectivity index (χ3n) is 24.4. The Bertz CT molecular complexity index is 5700. The number of hydrogen-bond donors (Lipinski definition) is 10. The van der Waals surface area contributed by atoms with Crippen LogP contribution >= 0.6 is 0 Å². The number of aliphatic hydroxyl groups is 8. The lowest BCUT2D eigenvalue weighted by molar-refractivity contribution is -0.401. The van der Waals surface area contributed by atoms with Gasteiger partial charge in [-0.3, -0.25) is 14.9 Å². The van der Waals surface area contributed by atoms with Crippen LogP contribution in [0.4, 0.5) is 28.6 Å². The number of carbonyl (C=O) groups excluding carboxylic acids is 2. The van der Waals surface area contributed by atoms with Crippen LogP contribution in [0.2, 0.25) is 0 Å². The lowest BCUT2D eigenvalue weighted by Gasteiger charge is -2.38. The summed E-state index contributed by atoms with van der Waals surface area (Å²) < 4.78 is 15.9. The third-order valence-corrected chi connectivity index (χ3v) is 24.4. The quantitative estimate of drug-likeness (QED) is 0.00416. The van der Waals surface area contributed by atoms with Crippen LogP contribution in [0.25, 0.3) is 53.5 Å². The van der Waals surface area contributed by atoms with E-state index in [1.165, 1.54) is 122 Å². The van der Waals surface area contributed by atoms with Crippen molar-refractivity contribution >= 4 is 94.9 Å². The van der Waals surface area contributed by atoms with Crippen LogP contribution in [0, 0.1) is 12.5 Å². The van der Waals surface area contributed by atoms with Crippen LogP contribution in [-0.4, -0.2) is 183 Å². The van der Waals surface area contributed by atoms with Gasteiger partial charge in [0, 0.05) is 106 Å². The van der Waals surface area contributed by atoms with E-state index in [0.717, 1.165) is 45.2 Å². The monoisotopic (exact) mass is 1620 g/mol. The number of rotatable bonds is 23. The zero-order valence-corrected chi connectivity index (χ0v) is 69.7. The Morgan fingerprint density at radius 2 is 0.917 bits per heavy atom. The summed E-state index contributed by atoms with van der Waals surface area (Å²) in [5.74, 6) is -0.0306. The first-order valence-corrected chi connectivity index (χ1v) is 41.2. The highest BCUT2D eigenvalue weighted by Crippen LogP contribution is 2.53. The number of allylic oxidation sites excluding steroid dienone is 12. The Labute approximate surface area is 700 Å². The molecule has 15 rings (SSSR count). The summed E-state index contributed by atoms with van der Waals surface area (Å²) in [6.45, 7) is 20.0. The van der Waals surface area contributed by atoms with Gasteiger partial charge < -0.3 is 65.4 Å². The van der Waals surface area contributed by atoms with E-state index in [2.05, 4.69) is 332 Å². The highest BCUT2D eigenvalue weighted by molar-refractivity contribution is 6.09. The summed E-state index contributed by atoms with van der Waals surface area (Å²) in [6.07, 6.45) is 20.3. The number of benzene rings is 8. The summed E-state index contributed by atoms with van der Waals surface area (Å²) in [6, 6.07) is 54.7. The number of ether oxygens (including phenoxy) is 2. The molecule has 2 amide bonds. The van der Waals surface area contributed by atoms with Crippen molar-refractivity contribution in [2.45, 2.75) is 196 Å². The average Bonchev–Trinajstić information content (AvgIpc) is 1.58. The van der Waals surface area contributed by atoms with E-state index < -0.39 is 61.4 Å². The molecule has 120 heavy (non-hydrogen) atoms. The molecule has 2 saturated heterocycles. The number of aromatic nitrogens is 3. The van der Waals surface area contributed by atoms with E-state index >= 15 is 0 Å². The molecule has 10 atom stereocenters. The molecule has 7 heterocycles. The van der Waals surface area contributed by atoms with Gasteiger partial charge in [0.1, 0.15) is 56.8 Å². The number of hydrogen-bond acceptors (Lipinski definition) is 17. The topological polar surface area (TPSA) is 330 Å². The van der Waals surface area contributed by atoms with Gasteiger partial charge in [0.15, 0.2) is 29.8 Å². The van der Waals surface area contributed by atoms with Crippen molar-refractivity contribution in [1.29, 1.82) is 0 Å². The minimum Gasteiger partial charge on any atom is -0.388 e. The molecule has 624 valence electrons. The van der Waals surface area contributed by atoms with Crippen molar-refractivity contribution < 1.29 is 69.1 Å². The highest BCUT2D eigenvalue weighted by Gasteiger charge is 2.49. The molecule has 24 heteroatoms. The van der Waals surface area contributed by atoms with E-state index in [4.69, 9.17) is 31.6 Å². The Morgan fingerprint density at radius 1 is 0.508 bits per heavy atom. The molecule has 0 radical (unpaired) electrons. The van der Waals surface area contributed by atoms with Crippen LogP contribution < -0.4 is 20.4 Å². The van der Waals surface area contributed by atoms with E-state index in [1.54, 1.807) is 0 Å². The largest absolute Gasteiger partial charge is 0.388 e. The molecule has 6 aliphatic rings. The maximum Gasteiger partial charge on any atom is 0.231 e. The van der Waals surface area contributed by atoms with Crippen molar-refractivity contribution in [3.8, 4) is 12.5 Å². The number of azide groups is 1. The van der Waals surface area contributed by atoms with Gasteiger partial charge in [-0.15, -0.1) is 5.10 Å². The number of amides is 2. The van der Waals surface area contributed by atoms with Crippen molar-refractivity contribution in [3.63, 3.8) is 0 Å². The van der Waals surface area contributed by atoms with E-state index in [-0.39, 0.29) is 52.4 Å². The zero-order chi connectivity index (χ0) is 85.5. The minimum absolute atomic E-state index is 0.0530. The molecule has 0 aliphatic carbocycles. The summed E-state index contributed by atoms with van der Waals surface area (Å²) in [5.41, 5.74) is 22.9. The Balaban J connectivity index is 0.000000183. The molecule has 0 bridgehead atoms. The molecule has 24 nitrogen and oxygen atoms in total. The molecular formula is C96H110N12O12+2. The van der Waals surface area contributed by atoms with Crippen molar-refractivity contribution in [3.05, 3.63) is 257 Å². The van der Waals surface area contributed by atoms with Gasteiger partial charge >= 0.3 is 0 Å². The second-order valence-electron chi connectivity index (χ2n) is 33.7. The highest BCUT2D eigenvalue weighted by atomic mass is 16.6. The lowest BCUT2D eigenvalue weighted by Crippen LogP contribution is -2.58. The Kier molecular flexibility index (Phi) is 26.5. The Hall–Kier alpha value is -11.3. The summed E-state index contributed by atoms with van der Waals surface area (Å²) >= 11 is 0. The molecule has 9 aromatic rings. The van der Waals surface area contributed by atoms with Crippen LogP contribution in [0.15, 0.2) is 229 Å². The number of terminal acetylenes is 1. The predicted octanol–water partition coefficient (Wildman–Crippen LogP) is 13.5. The van der Waals surface area contributed by atoms with Gasteiger partial charge in [0.2, 0.25) is 23.2 Å². The van der Waals surface area contributed by atoms with Gasteiger partial charge in [0.05, 0.1) is 36.2 Å². The molecule has 0 spiro atoms. The molecule has 6 aliphatic heterocycles. The normalized spacial score (nSPS) is 23.7. The van der Waals surface area contributed by atoms with Crippen molar-refractivity contribution in [2.24, 2.45) is 5.11 Å². The summed E-state index contributed by atoms with van der Waals surface area (Å²) in [5, 5.41) is 103. The number of nitrogens with one attached hydrogen (secondary N) is 2. The molecule has 10 unspecified atom stereocenters. The number of anilines is 3. The number of aliphatic hydroxyl groups excluding tert-OH is 8. The maximum absolute atomic E-state index is 12.9. The number of fused-ring (bicyclic) bond motifs is 12. The second kappa shape index (κ2) is 36.8. The molecule has 0 saturated carbocycles. The fourth-order valence-corrected chi connectivity index (χ4v) is 18.4. The van der Waals surface area contributed by atoms with Crippen molar-refractivity contribution in [1.82, 2.24) is 20.3 Å². The van der Waals surface area contributed by atoms with Crippen LogP contribution in [-0.2, 0) is 47.3 Å². The molecular weight excluding hydrogens is 1510 g/mol. The van der Waals surface area contributed by atoms with Gasteiger partial charge in [-0.1, -0.05) is 203 Å². The van der Waals surface area contributed by atoms with E-state index in [1.807, 2.05) is 0 Å². The average molecular weight is 1620 g/mol. The number of carbonyl (C=O) groups is 2. The van der Waals surface area contributed by atoms with Gasteiger partial charge in [-0.05, 0) is 150 Å². The van der Waals surface area contributed by atoms with Crippen LogP contribution in [0.5, 0.6) is 0 Å². The molecule has 8 aromatic carbocycles. The first-order valence-electron chi connectivity index (χ1n) is 41.2. The van der Waals surface area contributed by atoms with Gasteiger partial charge in [0.25, 0.3) is 0 Å². The molecule has 10 N–H and O–H groups in total. The predicted molar refractivity (Wildman–Crippen MR) is 471 cm³/mol. The second-order valence-corrected chi connectivity index (χ2v) is 33.7. The van der Waals surface area contributed by atoms with E-state index in [9.17, 15) is 40.2 Å². The van der Waals surface area contributed by atoms with Gasteiger partial charge in [-0.2, -0.15) is 9.15 Å². The van der Waals surface area contributed by atoms with Crippen molar-refractivity contribution in [2.75, 3.05) is 48.8 Å². The maximum atomic E-state index is 12.9. The molecule has 1 aromatic heterocycles. The smallest absolute Gasteiger partial charge is 0.231 e. The van der Waals surface area contributed by atoms with Crippen LogP contribution in [0.3, 0.4) is 0 Å².